The molecule has 0 aromatic carbocycles. The first kappa shape index (κ1) is 14.8. The maximum absolute atomic E-state index is 12.2. The quantitative estimate of drug-likeness (QED) is 0.794. The molecule has 19 heavy (non-hydrogen) atoms. The van der Waals surface area contributed by atoms with Gasteiger partial charge in [0.1, 0.15) is 5.78 Å². The highest BCUT2D eigenvalue weighted by molar-refractivity contribution is 9.10. The van der Waals surface area contributed by atoms with Crippen molar-refractivity contribution in [1.29, 1.82) is 0 Å². The van der Waals surface area contributed by atoms with Gasteiger partial charge in [-0.1, -0.05) is 32.6 Å². The lowest BCUT2D eigenvalue weighted by Crippen LogP contribution is -2.12. The SMILES string of the molecule is CCc1nn(CC)c(CC(=O)CC2CCCC2)c1Br. The Hall–Kier alpha value is -0.640. The number of carbonyl (C=O) groups is 1. The average Bonchev–Trinajstić information content (AvgIpc) is 2.99. The molecule has 0 aliphatic heterocycles. The second kappa shape index (κ2) is 6.69. The van der Waals surface area contributed by atoms with Crippen LogP contribution in [0.1, 0.15) is 57.3 Å². The molecule has 0 N–H and O–H groups in total. The van der Waals surface area contributed by atoms with E-state index in [-0.39, 0.29) is 0 Å². The van der Waals surface area contributed by atoms with E-state index in [0.717, 1.165) is 35.2 Å². The van der Waals surface area contributed by atoms with E-state index in [9.17, 15) is 4.79 Å². The normalized spacial score (nSPS) is 16.2. The molecule has 2 rings (SSSR count). The van der Waals surface area contributed by atoms with Crippen LogP contribution in [0.15, 0.2) is 4.47 Å². The van der Waals surface area contributed by atoms with Crippen molar-refractivity contribution in [3.63, 3.8) is 0 Å². The molecule has 1 heterocycles. The first-order chi connectivity index (χ1) is 9.15. The minimum absolute atomic E-state index is 0.366. The maximum atomic E-state index is 12.2. The molecule has 0 amide bonds. The van der Waals surface area contributed by atoms with Crippen molar-refractivity contribution < 1.29 is 4.79 Å². The van der Waals surface area contributed by atoms with Gasteiger partial charge in [0, 0.05) is 19.4 Å². The summed E-state index contributed by atoms with van der Waals surface area (Å²) in [6.07, 6.45) is 7.25. The summed E-state index contributed by atoms with van der Waals surface area (Å²) < 4.78 is 3.01. The molecular formula is C15H23BrN2O. The van der Waals surface area contributed by atoms with Crippen LogP contribution in [0.25, 0.3) is 0 Å². The molecule has 106 valence electrons. The molecule has 1 aromatic rings. The van der Waals surface area contributed by atoms with E-state index in [1.807, 2.05) is 4.68 Å². The van der Waals surface area contributed by atoms with Crippen LogP contribution in [0.4, 0.5) is 0 Å². The number of carbonyl (C=O) groups excluding carboxylic acids is 1. The molecule has 1 aliphatic carbocycles. The highest BCUT2D eigenvalue weighted by Gasteiger charge is 2.21. The van der Waals surface area contributed by atoms with E-state index < -0.39 is 0 Å². The summed E-state index contributed by atoms with van der Waals surface area (Å²) >= 11 is 3.61. The smallest absolute Gasteiger partial charge is 0.139 e. The summed E-state index contributed by atoms with van der Waals surface area (Å²) in [5, 5.41) is 4.55. The summed E-state index contributed by atoms with van der Waals surface area (Å²) in [7, 11) is 0. The number of hydrogen-bond donors (Lipinski definition) is 0. The number of hydrogen-bond acceptors (Lipinski definition) is 2. The number of nitrogens with zero attached hydrogens (tertiary/aromatic N) is 2. The molecule has 0 spiro atoms. The van der Waals surface area contributed by atoms with Gasteiger partial charge in [-0.3, -0.25) is 9.48 Å². The molecular weight excluding hydrogens is 304 g/mol. The average molecular weight is 327 g/mol. The molecule has 0 atom stereocenters. The zero-order valence-corrected chi connectivity index (χ0v) is 13.5. The standard InChI is InChI=1S/C15H23BrN2O/c1-3-13-15(16)14(18(4-2)17-13)10-12(19)9-11-7-5-6-8-11/h11H,3-10H2,1-2H3. The third-order valence-electron chi connectivity index (χ3n) is 4.05. The lowest BCUT2D eigenvalue weighted by molar-refractivity contribution is -0.119. The van der Waals surface area contributed by atoms with Crippen LogP contribution in [-0.4, -0.2) is 15.6 Å². The summed E-state index contributed by atoms with van der Waals surface area (Å²) in [4.78, 5) is 12.2. The predicted molar refractivity (Wildman–Crippen MR) is 80.3 cm³/mol. The van der Waals surface area contributed by atoms with E-state index >= 15 is 0 Å². The highest BCUT2D eigenvalue weighted by atomic mass is 79.9. The van der Waals surface area contributed by atoms with Gasteiger partial charge >= 0.3 is 0 Å². The molecule has 0 bridgehead atoms. The van der Waals surface area contributed by atoms with Crippen LogP contribution in [0.3, 0.4) is 0 Å². The van der Waals surface area contributed by atoms with Gasteiger partial charge in [-0.15, -0.1) is 0 Å². The number of Topliss-reactive ketones (excluding diaryl/α,β-unsaturated/α-hetero) is 1. The number of aromatic nitrogens is 2. The lowest BCUT2D eigenvalue weighted by atomic mass is 9.99. The fourth-order valence-electron chi connectivity index (χ4n) is 2.98. The summed E-state index contributed by atoms with van der Waals surface area (Å²) in [5.74, 6) is 1.000. The summed E-state index contributed by atoms with van der Waals surface area (Å²) in [6, 6.07) is 0. The van der Waals surface area contributed by atoms with Gasteiger partial charge in [0.05, 0.1) is 15.9 Å². The predicted octanol–water partition coefficient (Wildman–Crippen LogP) is 3.92. The van der Waals surface area contributed by atoms with Crippen LogP contribution in [0.2, 0.25) is 0 Å². The highest BCUT2D eigenvalue weighted by Crippen LogP contribution is 2.29. The first-order valence-corrected chi connectivity index (χ1v) is 8.20. The molecule has 1 fully saturated rings. The van der Waals surface area contributed by atoms with Gasteiger partial charge in [0.2, 0.25) is 0 Å². The molecule has 0 saturated heterocycles. The van der Waals surface area contributed by atoms with E-state index in [1.165, 1.54) is 25.7 Å². The fraction of sp³-hybridized carbons (Fsp3) is 0.733. The van der Waals surface area contributed by atoms with Gasteiger partial charge in [0.25, 0.3) is 0 Å². The van der Waals surface area contributed by atoms with Gasteiger partial charge in [-0.2, -0.15) is 5.10 Å². The second-order valence-corrected chi connectivity index (χ2v) is 6.24. The number of rotatable bonds is 6. The van der Waals surface area contributed by atoms with Crippen LogP contribution in [0, 0.1) is 5.92 Å². The molecule has 1 saturated carbocycles. The van der Waals surface area contributed by atoms with E-state index in [2.05, 4.69) is 34.9 Å². The molecule has 1 aromatic heterocycles. The van der Waals surface area contributed by atoms with Crippen LogP contribution in [0.5, 0.6) is 0 Å². The van der Waals surface area contributed by atoms with Crippen molar-refractivity contribution >= 4 is 21.7 Å². The Bertz CT molecular complexity index is 447. The van der Waals surface area contributed by atoms with Crippen molar-refractivity contribution in [2.24, 2.45) is 5.92 Å². The number of aryl methyl sites for hydroxylation is 2. The zero-order chi connectivity index (χ0) is 13.8. The van der Waals surface area contributed by atoms with Gasteiger partial charge < -0.3 is 0 Å². The first-order valence-electron chi connectivity index (χ1n) is 7.41. The third kappa shape index (κ3) is 3.47. The molecule has 0 radical (unpaired) electrons. The zero-order valence-electron chi connectivity index (χ0n) is 11.9. The van der Waals surface area contributed by atoms with Crippen LogP contribution < -0.4 is 0 Å². The van der Waals surface area contributed by atoms with Crippen molar-refractivity contribution in [2.45, 2.75) is 65.3 Å². The van der Waals surface area contributed by atoms with Crippen LogP contribution >= 0.6 is 15.9 Å². The topological polar surface area (TPSA) is 34.9 Å². The van der Waals surface area contributed by atoms with Crippen molar-refractivity contribution in [3.8, 4) is 0 Å². The van der Waals surface area contributed by atoms with E-state index in [4.69, 9.17) is 0 Å². The number of halogens is 1. The monoisotopic (exact) mass is 326 g/mol. The number of ketones is 1. The van der Waals surface area contributed by atoms with Crippen molar-refractivity contribution in [3.05, 3.63) is 15.9 Å². The molecule has 4 heteroatoms. The fourth-order valence-corrected chi connectivity index (χ4v) is 3.69. The summed E-state index contributed by atoms with van der Waals surface area (Å²) in [6.45, 7) is 4.99. The van der Waals surface area contributed by atoms with Gasteiger partial charge in [-0.05, 0) is 35.2 Å². The Kier molecular flexibility index (Phi) is 5.20. The van der Waals surface area contributed by atoms with E-state index in [0.29, 0.717) is 18.1 Å². The second-order valence-electron chi connectivity index (χ2n) is 5.45. The largest absolute Gasteiger partial charge is 0.299 e. The Morgan fingerprint density at radius 1 is 1.37 bits per heavy atom. The van der Waals surface area contributed by atoms with E-state index in [1.54, 1.807) is 0 Å². The maximum Gasteiger partial charge on any atom is 0.139 e. The Morgan fingerprint density at radius 3 is 2.63 bits per heavy atom. The summed E-state index contributed by atoms with van der Waals surface area (Å²) in [5.41, 5.74) is 2.12. The van der Waals surface area contributed by atoms with Crippen molar-refractivity contribution in [1.82, 2.24) is 9.78 Å². The van der Waals surface area contributed by atoms with Crippen molar-refractivity contribution in [2.75, 3.05) is 0 Å². The Morgan fingerprint density at radius 2 is 2.05 bits per heavy atom. The Balaban J connectivity index is 2.04. The molecule has 1 aliphatic rings. The Labute approximate surface area is 123 Å². The molecule has 3 nitrogen and oxygen atoms in total. The van der Waals surface area contributed by atoms with Crippen LogP contribution in [-0.2, 0) is 24.2 Å². The van der Waals surface area contributed by atoms with Gasteiger partial charge in [-0.25, -0.2) is 0 Å². The third-order valence-corrected chi connectivity index (χ3v) is 4.97. The van der Waals surface area contributed by atoms with Gasteiger partial charge in [0.15, 0.2) is 0 Å². The lowest BCUT2D eigenvalue weighted by Gasteiger charge is -2.09. The molecule has 0 unspecified atom stereocenters. The minimum atomic E-state index is 0.366. The minimum Gasteiger partial charge on any atom is -0.299 e.